The lowest BCUT2D eigenvalue weighted by molar-refractivity contribution is 0.634. The van der Waals surface area contributed by atoms with Gasteiger partial charge in [-0.1, -0.05) is 18.2 Å². The molecule has 1 aromatic carbocycles. The van der Waals surface area contributed by atoms with Gasteiger partial charge in [0.05, 0.1) is 11.6 Å². The fourth-order valence-electron chi connectivity index (χ4n) is 2.70. The SMILES string of the molecule is Cc1cc(C(NN)c2cnccc2C)c2ccccc2n1. The largest absolute Gasteiger partial charge is 0.271 e. The molecule has 0 fully saturated rings. The molecule has 2 heterocycles. The fourth-order valence-corrected chi connectivity index (χ4v) is 2.70. The molecule has 21 heavy (non-hydrogen) atoms. The number of rotatable bonds is 3. The second-order valence-corrected chi connectivity index (χ2v) is 5.20. The quantitative estimate of drug-likeness (QED) is 0.571. The van der Waals surface area contributed by atoms with Gasteiger partial charge < -0.3 is 0 Å². The number of aromatic nitrogens is 2. The third-order valence-electron chi connectivity index (χ3n) is 3.74. The van der Waals surface area contributed by atoms with E-state index < -0.39 is 0 Å². The molecule has 3 aromatic rings. The van der Waals surface area contributed by atoms with Crippen LogP contribution in [-0.2, 0) is 0 Å². The Kier molecular flexibility index (Phi) is 3.64. The average molecular weight is 278 g/mol. The zero-order valence-electron chi connectivity index (χ0n) is 12.2. The van der Waals surface area contributed by atoms with Crippen molar-refractivity contribution in [1.82, 2.24) is 15.4 Å². The Morgan fingerprint density at radius 2 is 1.90 bits per heavy atom. The molecule has 1 unspecified atom stereocenters. The van der Waals surface area contributed by atoms with Crippen molar-refractivity contribution in [2.75, 3.05) is 0 Å². The lowest BCUT2D eigenvalue weighted by Crippen LogP contribution is -2.29. The molecule has 3 rings (SSSR count). The van der Waals surface area contributed by atoms with Crippen LogP contribution in [0.25, 0.3) is 10.9 Å². The second kappa shape index (κ2) is 5.60. The zero-order chi connectivity index (χ0) is 14.8. The van der Waals surface area contributed by atoms with Gasteiger partial charge in [0.1, 0.15) is 0 Å². The van der Waals surface area contributed by atoms with Gasteiger partial charge in [-0.25, -0.2) is 5.43 Å². The zero-order valence-corrected chi connectivity index (χ0v) is 12.2. The van der Waals surface area contributed by atoms with Gasteiger partial charge in [0.2, 0.25) is 0 Å². The van der Waals surface area contributed by atoms with Crippen molar-refractivity contribution in [3.05, 3.63) is 71.2 Å². The summed E-state index contributed by atoms with van der Waals surface area (Å²) in [4.78, 5) is 8.82. The molecule has 0 bridgehead atoms. The van der Waals surface area contributed by atoms with Crippen LogP contribution in [0, 0.1) is 13.8 Å². The summed E-state index contributed by atoms with van der Waals surface area (Å²) in [6.07, 6.45) is 3.66. The number of nitrogens with zero attached hydrogens (tertiary/aromatic N) is 2. The molecular weight excluding hydrogens is 260 g/mol. The monoisotopic (exact) mass is 278 g/mol. The molecule has 4 nitrogen and oxygen atoms in total. The van der Waals surface area contributed by atoms with E-state index in [0.29, 0.717) is 0 Å². The van der Waals surface area contributed by atoms with Gasteiger partial charge in [0, 0.05) is 23.5 Å². The maximum absolute atomic E-state index is 5.85. The van der Waals surface area contributed by atoms with Gasteiger partial charge in [-0.3, -0.25) is 15.8 Å². The van der Waals surface area contributed by atoms with Gasteiger partial charge in [0.15, 0.2) is 0 Å². The molecule has 0 amide bonds. The van der Waals surface area contributed by atoms with Crippen LogP contribution in [0.2, 0.25) is 0 Å². The van der Waals surface area contributed by atoms with Crippen molar-refractivity contribution in [2.45, 2.75) is 19.9 Å². The minimum absolute atomic E-state index is 0.106. The Bertz CT molecular complexity index is 783. The summed E-state index contributed by atoms with van der Waals surface area (Å²) in [6.45, 7) is 4.07. The van der Waals surface area contributed by atoms with Gasteiger partial charge in [-0.05, 0) is 48.7 Å². The number of fused-ring (bicyclic) bond motifs is 1. The standard InChI is InChI=1S/C17H18N4/c1-11-7-8-19-10-15(11)17(21-18)14-9-12(2)20-16-6-4-3-5-13(14)16/h3-10,17,21H,18H2,1-2H3. The molecule has 0 saturated heterocycles. The van der Waals surface area contributed by atoms with Crippen molar-refractivity contribution in [3.63, 3.8) is 0 Å². The smallest absolute Gasteiger partial charge is 0.0734 e. The van der Waals surface area contributed by atoms with E-state index in [4.69, 9.17) is 5.84 Å². The van der Waals surface area contributed by atoms with E-state index in [-0.39, 0.29) is 6.04 Å². The van der Waals surface area contributed by atoms with Crippen LogP contribution in [0.15, 0.2) is 48.8 Å². The Morgan fingerprint density at radius 3 is 2.67 bits per heavy atom. The summed E-state index contributed by atoms with van der Waals surface area (Å²) in [7, 11) is 0. The highest BCUT2D eigenvalue weighted by Crippen LogP contribution is 2.29. The Hall–Kier alpha value is -2.30. The minimum Gasteiger partial charge on any atom is -0.271 e. The number of hydrogen-bond acceptors (Lipinski definition) is 4. The number of hydrazine groups is 1. The van der Waals surface area contributed by atoms with Crippen molar-refractivity contribution in [2.24, 2.45) is 5.84 Å². The normalized spacial score (nSPS) is 12.5. The second-order valence-electron chi connectivity index (χ2n) is 5.20. The minimum atomic E-state index is -0.106. The molecule has 0 aliphatic carbocycles. The third-order valence-corrected chi connectivity index (χ3v) is 3.74. The maximum Gasteiger partial charge on any atom is 0.0734 e. The molecule has 0 spiro atoms. The van der Waals surface area contributed by atoms with Crippen LogP contribution < -0.4 is 11.3 Å². The first-order valence-electron chi connectivity index (χ1n) is 6.93. The molecule has 0 aliphatic heterocycles. The number of pyridine rings is 2. The van der Waals surface area contributed by atoms with Crippen LogP contribution in [0.5, 0.6) is 0 Å². The molecule has 0 aliphatic rings. The molecule has 3 N–H and O–H groups in total. The van der Waals surface area contributed by atoms with Gasteiger partial charge in [0.25, 0.3) is 0 Å². The topological polar surface area (TPSA) is 63.8 Å². The number of nitrogens with one attached hydrogen (secondary N) is 1. The average Bonchev–Trinajstić information content (AvgIpc) is 2.49. The van der Waals surface area contributed by atoms with E-state index in [1.54, 1.807) is 6.20 Å². The number of nitrogens with two attached hydrogens (primary N) is 1. The molecule has 106 valence electrons. The molecule has 0 radical (unpaired) electrons. The first-order valence-corrected chi connectivity index (χ1v) is 6.93. The number of benzene rings is 1. The summed E-state index contributed by atoms with van der Waals surface area (Å²) in [5.41, 5.74) is 8.25. The number of aryl methyl sites for hydroxylation is 2. The van der Waals surface area contributed by atoms with Crippen molar-refractivity contribution < 1.29 is 0 Å². The molecule has 4 heteroatoms. The van der Waals surface area contributed by atoms with Crippen molar-refractivity contribution in [3.8, 4) is 0 Å². The van der Waals surface area contributed by atoms with E-state index in [0.717, 1.165) is 33.3 Å². The molecular formula is C17H18N4. The lowest BCUT2D eigenvalue weighted by atomic mass is 9.94. The predicted octanol–water partition coefficient (Wildman–Crippen LogP) is 2.80. The van der Waals surface area contributed by atoms with E-state index in [1.807, 2.05) is 37.4 Å². The van der Waals surface area contributed by atoms with Crippen LogP contribution >= 0.6 is 0 Å². The van der Waals surface area contributed by atoms with E-state index >= 15 is 0 Å². The summed E-state index contributed by atoms with van der Waals surface area (Å²) in [5.74, 6) is 5.85. The first-order chi connectivity index (χ1) is 10.2. The highest BCUT2D eigenvalue weighted by atomic mass is 15.2. The molecule has 2 aromatic heterocycles. The highest BCUT2D eigenvalue weighted by molar-refractivity contribution is 5.83. The van der Waals surface area contributed by atoms with Crippen LogP contribution in [0.1, 0.15) is 28.4 Å². The lowest BCUT2D eigenvalue weighted by Gasteiger charge is -2.20. The Balaban J connectivity index is 2.24. The van der Waals surface area contributed by atoms with Crippen LogP contribution in [-0.4, -0.2) is 9.97 Å². The Morgan fingerprint density at radius 1 is 1.10 bits per heavy atom. The first kappa shape index (κ1) is 13.7. The predicted molar refractivity (Wildman–Crippen MR) is 84.6 cm³/mol. The van der Waals surface area contributed by atoms with Crippen LogP contribution in [0.4, 0.5) is 0 Å². The number of para-hydroxylation sites is 1. The summed E-state index contributed by atoms with van der Waals surface area (Å²) < 4.78 is 0. The molecule has 0 saturated carbocycles. The van der Waals surface area contributed by atoms with Crippen molar-refractivity contribution in [1.29, 1.82) is 0 Å². The summed E-state index contributed by atoms with van der Waals surface area (Å²) in [6, 6.07) is 12.1. The van der Waals surface area contributed by atoms with E-state index in [9.17, 15) is 0 Å². The summed E-state index contributed by atoms with van der Waals surface area (Å²) >= 11 is 0. The fraction of sp³-hybridized carbons (Fsp3) is 0.176. The Labute approximate surface area is 124 Å². The molecule has 1 atom stereocenters. The summed E-state index contributed by atoms with van der Waals surface area (Å²) in [5, 5.41) is 1.11. The van der Waals surface area contributed by atoms with E-state index in [1.165, 1.54) is 0 Å². The van der Waals surface area contributed by atoms with Crippen LogP contribution in [0.3, 0.4) is 0 Å². The third kappa shape index (κ3) is 2.51. The maximum atomic E-state index is 5.85. The van der Waals surface area contributed by atoms with E-state index in [2.05, 4.69) is 34.5 Å². The van der Waals surface area contributed by atoms with Gasteiger partial charge in [-0.15, -0.1) is 0 Å². The van der Waals surface area contributed by atoms with Gasteiger partial charge in [-0.2, -0.15) is 0 Å². The van der Waals surface area contributed by atoms with Gasteiger partial charge >= 0.3 is 0 Å². The highest BCUT2D eigenvalue weighted by Gasteiger charge is 2.18. The number of hydrogen-bond donors (Lipinski definition) is 2. The van der Waals surface area contributed by atoms with Crippen molar-refractivity contribution >= 4 is 10.9 Å².